The van der Waals surface area contributed by atoms with Gasteiger partial charge >= 0.3 is 5.97 Å². The van der Waals surface area contributed by atoms with Crippen molar-refractivity contribution in [2.24, 2.45) is 0 Å². The summed E-state index contributed by atoms with van der Waals surface area (Å²) in [7, 11) is 3.03. The summed E-state index contributed by atoms with van der Waals surface area (Å²) >= 11 is 5.84. The average molecular weight is 509 g/mol. The van der Waals surface area contributed by atoms with Crippen molar-refractivity contribution in [1.82, 2.24) is 20.2 Å². The summed E-state index contributed by atoms with van der Waals surface area (Å²) in [6.07, 6.45) is 6.65. The van der Waals surface area contributed by atoms with Crippen LogP contribution in [0, 0.1) is 0 Å². The second-order valence-electron chi connectivity index (χ2n) is 9.04. The smallest absolute Gasteiger partial charge is 0.339 e. The van der Waals surface area contributed by atoms with E-state index >= 15 is 0 Å². The maximum atomic E-state index is 12.9. The van der Waals surface area contributed by atoms with Crippen LogP contribution in [0.15, 0.2) is 61.1 Å². The van der Waals surface area contributed by atoms with E-state index in [4.69, 9.17) is 16.3 Å². The third-order valence-electron chi connectivity index (χ3n) is 6.41. The zero-order chi connectivity index (χ0) is 25.7. The highest BCUT2D eigenvalue weighted by molar-refractivity contribution is 6.29. The van der Waals surface area contributed by atoms with Gasteiger partial charge in [0.1, 0.15) is 5.15 Å². The second kappa shape index (κ2) is 11.6. The van der Waals surface area contributed by atoms with Crippen LogP contribution in [0.2, 0.25) is 5.15 Å². The van der Waals surface area contributed by atoms with Crippen molar-refractivity contribution < 1.29 is 19.4 Å². The number of halogens is 1. The van der Waals surface area contributed by atoms with Crippen molar-refractivity contribution >= 4 is 23.5 Å². The molecule has 4 rings (SSSR count). The molecule has 2 aromatic heterocycles. The van der Waals surface area contributed by atoms with Gasteiger partial charge in [-0.15, -0.1) is 0 Å². The van der Waals surface area contributed by atoms with Gasteiger partial charge in [-0.1, -0.05) is 29.8 Å². The second-order valence-corrected chi connectivity index (χ2v) is 9.43. The van der Waals surface area contributed by atoms with E-state index in [1.165, 1.54) is 13.3 Å². The number of ether oxygens (including phenoxy) is 1. The molecule has 0 aliphatic carbocycles. The Morgan fingerprint density at radius 1 is 1.11 bits per heavy atom. The van der Waals surface area contributed by atoms with E-state index in [0.717, 1.165) is 36.0 Å². The first kappa shape index (κ1) is 25.8. The molecule has 0 spiro atoms. The van der Waals surface area contributed by atoms with E-state index in [1.54, 1.807) is 42.5 Å². The van der Waals surface area contributed by atoms with Crippen molar-refractivity contribution in [1.29, 1.82) is 0 Å². The fourth-order valence-corrected chi connectivity index (χ4v) is 4.60. The molecule has 0 saturated carbocycles. The Morgan fingerprint density at radius 2 is 1.89 bits per heavy atom. The number of aliphatic hydroxyl groups is 1. The molecule has 1 fully saturated rings. The van der Waals surface area contributed by atoms with Crippen LogP contribution < -0.4 is 5.32 Å². The molecule has 3 aromatic rings. The summed E-state index contributed by atoms with van der Waals surface area (Å²) < 4.78 is 4.73. The van der Waals surface area contributed by atoms with E-state index in [1.807, 2.05) is 24.3 Å². The fourth-order valence-electron chi connectivity index (χ4n) is 4.49. The van der Waals surface area contributed by atoms with E-state index < -0.39 is 12.1 Å². The van der Waals surface area contributed by atoms with Crippen molar-refractivity contribution in [3.63, 3.8) is 0 Å². The zero-order valence-corrected chi connectivity index (χ0v) is 21.0. The summed E-state index contributed by atoms with van der Waals surface area (Å²) in [6, 6.07) is 13.0. The van der Waals surface area contributed by atoms with Gasteiger partial charge in [-0.25, -0.2) is 9.78 Å². The molecule has 3 heterocycles. The minimum atomic E-state index is -0.640. The van der Waals surface area contributed by atoms with Gasteiger partial charge in [0.15, 0.2) is 0 Å². The summed E-state index contributed by atoms with van der Waals surface area (Å²) in [5.74, 6) is -0.586. The number of carbonyl (C=O) groups is 2. The Balaban J connectivity index is 1.31. The van der Waals surface area contributed by atoms with Crippen molar-refractivity contribution in [2.75, 3.05) is 14.2 Å². The number of pyridine rings is 2. The normalized spacial score (nSPS) is 18.0. The van der Waals surface area contributed by atoms with Crippen molar-refractivity contribution in [3.05, 3.63) is 94.0 Å². The molecular weight excluding hydrogens is 480 g/mol. The quantitative estimate of drug-likeness (QED) is 0.354. The monoisotopic (exact) mass is 508 g/mol. The average Bonchev–Trinajstić information content (AvgIpc) is 3.36. The van der Waals surface area contributed by atoms with Gasteiger partial charge in [-0.2, -0.15) is 0 Å². The van der Waals surface area contributed by atoms with Crippen LogP contribution in [-0.2, 0) is 17.7 Å². The van der Waals surface area contributed by atoms with Crippen LogP contribution in [0.4, 0.5) is 0 Å². The van der Waals surface area contributed by atoms with Gasteiger partial charge in [-0.05, 0) is 54.7 Å². The minimum absolute atomic E-state index is 0.0420. The van der Waals surface area contributed by atoms with Gasteiger partial charge in [0.2, 0.25) is 0 Å². The minimum Gasteiger partial charge on any atom is -0.465 e. The van der Waals surface area contributed by atoms with Gasteiger partial charge in [0.05, 0.1) is 18.8 Å². The molecular formula is C27H29ClN4O4. The summed E-state index contributed by atoms with van der Waals surface area (Å²) in [6.45, 7) is 0.317. The zero-order valence-electron chi connectivity index (χ0n) is 20.2. The predicted octanol–water partition coefficient (Wildman–Crippen LogP) is 3.59. The number of esters is 1. The summed E-state index contributed by atoms with van der Waals surface area (Å²) in [5.41, 5.74) is 3.53. The first-order valence-corrected chi connectivity index (χ1v) is 12.1. The molecule has 1 aromatic carbocycles. The Labute approximate surface area is 215 Å². The van der Waals surface area contributed by atoms with Gasteiger partial charge in [0.25, 0.3) is 5.91 Å². The summed E-state index contributed by atoms with van der Waals surface area (Å²) in [5, 5.41) is 14.6. The predicted molar refractivity (Wildman–Crippen MR) is 136 cm³/mol. The fraction of sp³-hybridized carbons (Fsp3) is 0.333. The Bertz CT molecular complexity index is 1200. The lowest BCUT2D eigenvalue weighted by Crippen LogP contribution is -2.35. The number of nitrogens with zero attached hydrogens (tertiary/aromatic N) is 3. The highest BCUT2D eigenvalue weighted by atomic mass is 35.5. The number of methoxy groups -OCH3 is 1. The standard InChI is InChI=1S/C27H29ClN4O4/c1-32(16-18-11-21(14-29-13-18)27(35)36-2)26(34)19-5-3-17(4-6-19)12-22-8-9-23(31-22)25(33)20-7-10-24(28)30-15-20/h3-7,10-11,13-15,22-23,25,31,33H,8-9,12,16H2,1-2H3/t22-,23+,25+/m0/s1. The molecule has 2 N–H and O–H groups in total. The number of hydrogen-bond donors (Lipinski definition) is 2. The molecule has 1 amide bonds. The molecule has 36 heavy (non-hydrogen) atoms. The lowest BCUT2D eigenvalue weighted by molar-refractivity contribution is 0.0600. The Morgan fingerprint density at radius 3 is 2.58 bits per heavy atom. The van der Waals surface area contributed by atoms with Crippen LogP contribution in [0.3, 0.4) is 0 Å². The van der Waals surface area contributed by atoms with Crippen LogP contribution in [0.5, 0.6) is 0 Å². The molecule has 0 unspecified atom stereocenters. The number of aliphatic hydroxyl groups excluding tert-OH is 1. The lowest BCUT2D eigenvalue weighted by Gasteiger charge is -2.20. The van der Waals surface area contributed by atoms with E-state index in [-0.39, 0.29) is 18.0 Å². The Kier molecular flexibility index (Phi) is 8.30. The van der Waals surface area contributed by atoms with Gasteiger partial charge < -0.3 is 20.1 Å². The Hall–Kier alpha value is -3.33. The molecule has 188 valence electrons. The number of aromatic nitrogens is 2. The summed E-state index contributed by atoms with van der Waals surface area (Å²) in [4.78, 5) is 34.3. The van der Waals surface area contributed by atoms with E-state index in [9.17, 15) is 14.7 Å². The molecule has 1 saturated heterocycles. The van der Waals surface area contributed by atoms with E-state index in [0.29, 0.717) is 22.8 Å². The van der Waals surface area contributed by atoms with Crippen LogP contribution >= 0.6 is 11.6 Å². The van der Waals surface area contributed by atoms with Crippen LogP contribution in [0.25, 0.3) is 0 Å². The first-order chi connectivity index (χ1) is 17.3. The van der Waals surface area contributed by atoms with Crippen LogP contribution in [0.1, 0.15) is 56.4 Å². The number of hydrogen-bond acceptors (Lipinski definition) is 7. The number of nitrogens with one attached hydrogen (secondary N) is 1. The molecule has 0 radical (unpaired) electrons. The highest BCUT2D eigenvalue weighted by Crippen LogP contribution is 2.27. The maximum absolute atomic E-state index is 12.9. The molecule has 3 atom stereocenters. The van der Waals surface area contributed by atoms with Crippen molar-refractivity contribution in [2.45, 2.75) is 44.0 Å². The van der Waals surface area contributed by atoms with Gasteiger partial charge in [-0.3, -0.25) is 9.78 Å². The van der Waals surface area contributed by atoms with E-state index in [2.05, 4.69) is 15.3 Å². The third-order valence-corrected chi connectivity index (χ3v) is 6.64. The number of amides is 1. The van der Waals surface area contributed by atoms with Crippen LogP contribution in [-0.4, -0.2) is 58.1 Å². The number of rotatable bonds is 8. The number of carbonyl (C=O) groups excluding carboxylic acids is 2. The van der Waals surface area contributed by atoms with Crippen molar-refractivity contribution in [3.8, 4) is 0 Å². The topological polar surface area (TPSA) is 105 Å². The molecule has 9 heteroatoms. The number of benzene rings is 1. The maximum Gasteiger partial charge on any atom is 0.339 e. The molecule has 1 aliphatic heterocycles. The molecule has 0 bridgehead atoms. The molecule has 1 aliphatic rings. The SMILES string of the molecule is COC(=O)c1cncc(CN(C)C(=O)c2ccc(C[C@@H]3CC[C@H]([C@H](O)c4ccc(Cl)nc4)N3)cc2)c1. The first-order valence-electron chi connectivity index (χ1n) is 11.8. The highest BCUT2D eigenvalue weighted by Gasteiger charge is 2.30. The largest absolute Gasteiger partial charge is 0.465 e. The lowest BCUT2D eigenvalue weighted by atomic mass is 10.0. The molecule has 8 nitrogen and oxygen atoms in total. The van der Waals surface area contributed by atoms with Gasteiger partial charge in [0, 0.05) is 55.4 Å². The third kappa shape index (κ3) is 6.26.